The predicted molar refractivity (Wildman–Crippen MR) is 132 cm³/mol. The van der Waals surface area contributed by atoms with Crippen molar-refractivity contribution >= 4 is 34.7 Å². The van der Waals surface area contributed by atoms with Gasteiger partial charge in [0.05, 0.1) is 31.4 Å². The summed E-state index contributed by atoms with van der Waals surface area (Å²) in [5.74, 6) is -1.13. The van der Waals surface area contributed by atoms with Crippen LogP contribution in [0.3, 0.4) is 0 Å². The van der Waals surface area contributed by atoms with Gasteiger partial charge in [-0.25, -0.2) is 0 Å². The monoisotopic (exact) mass is 477 g/mol. The Morgan fingerprint density at radius 2 is 1.65 bits per heavy atom. The molecule has 1 aliphatic rings. The van der Waals surface area contributed by atoms with Crippen LogP contribution < -0.4 is 14.4 Å². The van der Waals surface area contributed by atoms with Gasteiger partial charge in [0.15, 0.2) is 0 Å². The summed E-state index contributed by atoms with van der Waals surface area (Å²) in [7, 11) is 2.97. The number of rotatable bonds is 5. The van der Waals surface area contributed by atoms with Crippen LogP contribution in [-0.2, 0) is 9.59 Å². The van der Waals surface area contributed by atoms with Gasteiger partial charge < -0.3 is 14.6 Å². The second kappa shape index (κ2) is 9.23. The highest BCUT2D eigenvalue weighted by molar-refractivity contribution is 6.52. The fourth-order valence-electron chi connectivity index (χ4n) is 4.26. The number of aliphatic hydroxyl groups excluding tert-OH is 1. The van der Waals surface area contributed by atoms with E-state index >= 15 is 0 Å². The van der Waals surface area contributed by atoms with Gasteiger partial charge in [0.1, 0.15) is 17.3 Å². The standard InChI is InChI=1S/C27H24ClNO5/c1-15-9-10-16(2)20(13-15)29-24(18-7-5-6-8-21(18)33-3)23(26(31)27(29)32)25(30)19-14-17(28)11-12-22(19)34-4/h5-14,24,30H,1-4H3/b25-23+. The number of amides is 1. The van der Waals surface area contributed by atoms with E-state index in [9.17, 15) is 14.7 Å². The van der Waals surface area contributed by atoms with Gasteiger partial charge >= 0.3 is 0 Å². The SMILES string of the molecule is COc1ccc(Cl)cc1/C(O)=C1\C(=O)C(=O)N(c2cc(C)ccc2C)C1c1ccccc1OC. The quantitative estimate of drug-likeness (QED) is 0.294. The first-order valence-electron chi connectivity index (χ1n) is 10.6. The van der Waals surface area contributed by atoms with Gasteiger partial charge in [-0.3, -0.25) is 14.5 Å². The average molecular weight is 478 g/mol. The molecule has 1 amide bonds. The van der Waals surface area contributed by atoms with Crippen molar-refractivity contribution in [3.8, 4) is 11.5 Å². The van der Waals surface area contributed by atoms with Crippen LogP contribution in [0.25, 0.3) is 5.76 Å². The Labute approximate surface area is 203 Å². The van der Waals surface area contributed by atoms with Crippen molar-refractivity contribution in [2.75, 3.05) is 19.1 Å². The highest BCUT2D eigenvalue weighted by Gasteiger charge is 2.48. The first-order chi connectivity index (χ1) is 16.3. The number of methoxy groups -OCH3 is 2. The molecule has 3 aromatic carbocycles. The van der Waals surface area contributed by atoms with Crippen molar-refractivity contribution in [1.29, 1.82) is 0 Å². The number of para-hydroxylation sites is 1. The van der Waals surface area contributed by atoms with E-state index in [0.717, 1.165) is 11.1 Å². The summed E-state index contributed by atoms with van der Waals surface area (Å²) in [4.78, 5) is 28.3. The smallest absolute Gasteiger partial charge is 0.300 e. The van der Waals surface area contributed by atoms with E-state index in [-0.39, 0.29) is 16.9 Å². The number of benzene rings is 3. The number of aryl methyl sites for hydroxylation is 2. The van der Waals surface area contributed by atoms with Gasteiger partial charge in [-0.15, -0.1) is 0 Å². The van der Waals surface area contributed by atoms with Gasteiger partial charge in [0, 0.05) is 16.3 Å². The number of carbonyl (C=O) groups is 2. The molecule has 1 aliphatic heterocycles. The predicted octanol–water partition coefficient (Wildman–Crippen LogP) is 5.60. The summed E-state index contributed by atoms with van der Waals surface area (Å²) in [6.07, 6.45) is 0. The molecule has 7 heteroatoms. The Hall–Kier alpha value is -3.77. The molecule has 0 aliphatic carbocycles. The van der Waals surface area contributed by atoms with Crippen LogP contribution in [0.15, 0.2) is 66.2 Å². The molecule has 174 valence electrons. The van der Waals surface area contributed by atoms with E-state index < -0.39 is 17.7 Å². The maximum absolute atomic E-state index is 13.5. The molecule has 0 bridgehead atoms. The molecule has 1 N–H and O–H groups in total. The minimum atomic E-state index is -0.930. The normalized spacial score (nSPS) is 17.2. The second-order valence-corrected chi connectivity index (χ2v) is 8.48. The van der Waals surface area contributed by atoms with Crippen LogP contribution in [0.5, 0.6) is 11.5 Å². The number of ether oxygens (including phenoxy) is 2. The molecule has 1 heterocycles. The maximum Gasteiger partial charge on any atom is 0.300 e. The molecular formula is C27H24ClNO5. The molecular weight excluding hydrogens is 454 g/mol. The summed E-state index contributed by atoms with van der Waals surface area (Å²) < 4.78 is 11.0. The lowest BCUT2D eigenvalue weighted by atomic mass is 9.94. The Balaban J connectivity index is 2.06. The Bertz CT molecular complexity index is 1330. The van der Waals surface area contributed by atoms with Gasteiger partial charge in [0.2, 0.25) is 0 Å². The zero-order valence-electron chi connectivity index (χ0n) is 19.3. The van der Waals surface area contributed by atoms with Crippen molar-refractivity contribution in [3.63, 3.8) is 0 Å². The topological polar surface area (TPSA) is 76.1 Å². The van der Waals surface area contributed by atoms with Gasteiger partial charge in [-0.2, -0.15) is 0 Å². The Morgan fingerprint density at radius 3 is 2.35 bits per heavy atom. The van der Waals surface area contributed by atoms with Crippen LogP contribution >= 0.6 is 11.6 Å². The number of ketones is 1. The van der Waals surface area contributed by atoms with E-state index in [2.05, 4.69) is 0 Å². The third-order valence-corrected chi connectivity index (χ3v) is 6.15. The molecule has 1 fully saturated rings. The summed E-state index contributed by atoms with van der Waals surface area (Å²) in [6.45, 7) is 3.78. The van der Waals surface area contributed by atoms with Gasteiger partial charge in [-0.05, 0) is 55.3 Å². The molecule has 4 rings (SSSR count). The summed E-state index contributed by atoms with van der Waals surface area (Å²) >= 11 is 6.18. The van der Waals surface area contributed by atoms with Crippen molar-refractivity contribution in [2.24, 2.45) is 0 Å². The first-order valence-corrected chi connectivity index (χ1v) is 11.0. The number of anilines is 1. The number of halogens is 1. The van der Waals surface area contributed by atoms with Crippen molar-refractivity contribution < 1.29 is 24.2 Å². The van der Waals surface area contributed by atoms with Crippen LogP contribution in [0.1, 0.15) is 28.3 Å². The first kappa shape index (κ1) is 23.4. The summed E-state index contributed by atoms with van der Waals surface area (Å²) in [5.41, 5.74) is 3.03. The van der Waals surface area contributed by atoms with Crippen LogP contribution in [0.4, 0.5) is 5.69 Å². The zero-order valence-corrected chi connectivity index (χ0v) is 20.0. The lowest BCUT2D eigenvalue weighted by Gasteiger charge is -2.28. The van der Waals surface area contributed by atoms with Crippen molar-refractivity contribution in [2.45, 2.75) is 19.9 Å². The molecule has 34 heavy (non-hydrogen) atoms. The number of Topliss-reactive ketones (excluding diaryl/α,β-unsaturated/α-hetero) is 1. The number of aliphatic hydroxyl groups is 1. The average Bonchev–Trinajstić information content (AvgIpc) is 3.10. The van der Waals surface area contributed by atoms with Crippen LogP contribution in [0, 0.1) is 13.8 Å². The molecule has 3 aromatic rings. The second-order valence-electron chi connectivity index (χ2n) is 8.05. The number of nitrogens with zero attached hydrogens (tertiary/aromatic N) is 1. The van der Waals surface area contributed by atoms with E-state index in [1.165, 1.54) is 25.2 Å². The minimum absolute atomic E-state index is 0.0732. The van der Waals surface area contributed by atoms with Crippen molar-refractivity contribution in [1.82, 2.24) is 0 Å². The van der Waals surface area contributed by atoms with Crippen LogP contribution in [-0.4, -0.2) is 31.0 Å². The fraction of sp³-hybridized carbons (Fsp3) is 0.185. The highest BCUT2D eigenvalue weighted by Crippen LogP contribution is 2.46. The summed E-state index contributed by atoms with van der Waals surface area (Å²) in [5, 5.41) is 11.8. The minimum Gasteiger partial charge on any atom is -0.507 e. The number of carbonyl (C=O) groups excluding carboxylic acids is 2. The molecule has 6 nitrogen and oxygen atoms in total. The van der Waals surface area contributed by atoms with E-state index in [4.69, 9.17) is 21.1 Å². The van der Waals surface area contributed by atoms with E-state index in [0.29, 0.717) is 27.8 Å². The maximum atomic E-state index is 13.5. The van der Waals surface area contributed by atoms with Crippen molar-refractivity contribution in [3.05, 3.63) is 93.5 Å². The lowest BCUT2D eigenvalue weighted by Crippen LogP contribution is -2.30. The van der Waals surface area contributed by atoms with E-state index in [1.54, 1.807) is 36.4 Å². The molecule has 0 radical (unpaired) electrons. The fourth-order valence-corrected chi connectivity index (χ4v) is 4.43. The molecule has 0 aromatic heterocycles. The molecule has 1 atom stereocenters. The third kappa shape index (κ3) is 3.90. The van der Waals surface area contributed by atoms with Gasteiger partial charge in [-0.1, -0.05) is 41.9 Å². The Morgan fingerprint density at radius 1 is 0.941 bits per heavy atom. The zero-order chi connectivity index (χ0) is 24.6. The lowest BCUT2D eigenvalue weighted by molar-refractivity contribution is -0.132. The van der Waals surface area contributed by atoms with Gasteiger partial charge in [0.25, 0.3) is 11.7 Å². The van der Waals surface area contributed by atoms with E-state index in [1.807, 2.05) is 32.0 Å². The third-order valence-electron chi connectivity index (χ3n) is 5.92. The molecule has 1 saturated heterocycles. The number of hydrogen-bond acceptors (Lipinski definition) is 5. The largest absolute Gasteiger partial charge is 0.507 e. The summed E-state index contributed by atoms with van der Waals surface area (Å²) in [6, 6.07) is 16.6. The highest BCUT2D eigenvalue weighted by atomic mass is 35.5. The Kier molecular flexibility index (Phi) is 6.35. The van der Waals surface area contributed by atoms with Crippen LogP contribution in [0.2, 0.25) is 5.02 Å². The molecule has 1 unspecified atom stereocenters. The number of hydrogen-bond donors (Lipinski definition) is 1. The molecule has 0 spiro atoms. The molecule has 0 saturated carbocycles.